The van der Waals surface area contributed by atoms with Crippen molar-refractivity contribution in [2.45, 2.75) is 39.3 Å². The summed E-state index contributed by atoms with van der Waals surface area (Å²) in [7, 11) is 0. The molecule has 2 N–H and O–H groups in total. The van der Waals surface area contributed by atoms with Gasteiger partial charge in [0.1, 0.15) is 11.9 Å². The van der Waals surface area contributed by atoms with Crippen molar-refractivity contribution in [3.05, 3.63) is 63.7 Å². The largest absolute Gasteiger partial charge is 0.326 e. The van der Waals surface area contributed by atoms with Crippen LogP contribution in [-0.4, -0.2) is 46.8 Å². The summed E-state index contributed by atoms with van der Waals surface area (Å²) in [6.45, 7) is 6.44. The van der Waals surface area contributed by atoms with E-state index >= 15 is 0 Å². The summed E-state index contributed by atoms with van der Waals surface area (Å²) in [5.74, 6) is -0.832. The highest BCUT2D eigenvalue weighted by Crippen LogP contribution is 2.38. The molecule has 2 aromatic rings. The molecule has 0 fully saturated rings. The summed E-state index contributed by atoms with van der Waals surface area (Å²) in [4.78, 5) is 42.9. The molecule has 3 heterocycles. The van der Waals surface area contributed by atoms with Gasteiger partial charge in [-0.3, -0.25) is 14.5 Å². The highest BCUT2D eigenvalue weighted by atomic mass is 32.1. The van der Waals surface area contributed by atoms with Crippen LogP contribution in [0.25, 0.3) is 0 Å². The zero-order chi connectivity index (χ0) is 23.7. The van der Waals surface area contributed by atoms with E-state index < -0.39 is 17.9 Å². The Morgan fingerprint density at radius 3 is 2.58 bits per heavy atom. The van der Waals surface area contributed by atoms with Crippen LogP contribution in [0.2, 0.25) is 0 Å². The van der Waals surface area contributed by atoms with Crippen LogP contribution in [0.4, 0.5) is 14.9 Å². The Morgan fingerprint density at radius 1 is 1.24 bits per heavy atom. The molecule has 4 rings (SSSR count). The lowest BCUT2D eigenvalue weighted by atomic mass is 9.97. The zero-order valence-electron chi connectivity index (χ0n) is 18.8. The van der Waals surface area contributed by atoms with Gasteiger partial charge in [0.25, 0.3) is 5.91 Å². The molecule has 4 amide bonds. The third-order valence-electron chi connectivity index (χ3n) is 5.93. The molecule has 1 aromatic carbocycles. The number of likely N-dealkylation sites (N-methyl/N-ethyl adjacent to an activating group) is 1. The van der Waals surface area contributed by atoms with Crippen molar-refractivity contribution >= 4 is 34.9 Å². The maximum Gasteiger partial charge on any atom is 0.322 e. The highest BCUT2D eigenvalue weighted by Gasteiger charge is 2.46. The predicted octanol–water partition coefficient (Wildman–Crippen LogP) is 4.12. The zero-order valence-corrected chi connectivity index (χ0v) is 19.6. The molecular weight excluding hydrogens is 443 g/mol. The summed E-state index contributed by atoms with van der Waals surface area (Å²) in [5.41, 5.74) is 2.47. The Bertz CT molecular complexity index is 1080. The molecule has 7 nitrogen and oxygen atoms in total. The van der Waals surface area contributed by atoms with Gasteiger partial charge in [-0.2, -0.15) is 11.3 Å². The second kappa shape index (κ2) is 9.35. The van der Waals surface area contributed by atoms with Crippen LogP contribution in [0.15, 0.2) is 52.4 Å². The third-order valence-corrected chi connectivity index (χ3v) is 6.63. The fraction of sp³-hybridized carbons (Fsp3) is 0.375. The second-order valence-electron chi connectivity index (χ2n) is 8.62. The minimum atomic E-state index is -0.731. The summed E-state index contributed by atoms with van der Waals surface area (Å²) in [6, 6.07) is 5.89. The van der Waals surface area contributed by atoms with Crippen molar-refractivity contribution in [2.75, 3.05) is 18.4 Å². The molecule has 33 heavy (non-hydrogen) atoms. The summed E-state index contributed by atoms with van der Waals surface area (Å²) in [6.07, 6.45) is 0.454. The smallest absolute Gasteiger partial charge is 0.322 e. The van der Waals surface area contributed by atoms with Gasteiger partial charge in [-0.25, -0.2) is 9.18 Å². The molecule has 0 bridgehead atoms. The predicted molar refractivity (Wildman–Crippen MR) is 125 cm³/mol. The third kappa shape index (κ3) is 4.50. The van der Waals surface area contributed by atoms with E-state index in [2.05, 4.69) is 10.6 Å². The number of urea groups is 1. The molecule has 2 unspecified atom stereocenters. The van der Waals surface area contributed by atoms with Crippen molar-refractivity contribution in [1.29, 1.82) is 0 Å². The molecule has 2 aliphatic rings. The summed E-state index contributed by atoms with van der Waals surface area (Å²) in [5, 5.41) is 9.58. The Hall–Kier alpha value is -3.20. The quantitative estimate of drug-likeness (QED) is 0.639. The van der Waals surface area contributed by atoms with Gasteiger partial charge in [-0.05, 0) is 65.9 Å². The molecule has 174 valence electrons. The van der Waals surface area contributed by atoms with Gasteiger partial charge in [-0.1, -0.05) is 13.8 Å². The van der Waals surface area contributed by atoms with Crippen LogP contribution in [0.1, 0.15) is 38.8 Å². The van der Waals surface area contributed by atoms with E-state index in [0.29, 0.717) is 29.9 Å². The van der Waals surface area contributed by atoms with Crippen LogP contribution in [0, 0.1) is 11.7 Å². The topological polar surface area (TPSA) is 81.8 Å². The number of hydrogen-bond donors (Lipinski definition) is 2. The molecule has 1 aromatic heterocycles. The van der Waals surface area contributed by atoms with Gasteiger partial charge in [0, 0.05) is 12.2 Å². The number of nitrogens with one attached hydrogen (secondary N) is 2. The average molecular weight is 471 g/mol. The Kier molecular flexibility index (Phi) is 6.51. The van der Waals surface area contributed by atoms with Gasteiger partial charge < -0.3 is 15.5 Å². The van der Waals surface area contributed by atoms with E-state index in [4.69, 9.17) is 0 Å². The summed E-state index contributed by atoms with van der Waals surface area (Å²) >= 11 is 1.50. The SMILES string of the molecule is CCN1C(=O)NC(c2ccsc2)C2=C1CN(C(CC(C)C)C(=O)Nc1ccc(F)cc1)C2=O. The highest BCUT2D eigenvalue weighted by molar-refractivity contribution is 7.08. The van der Waals surface area contributed by atoms with E-state index in [1.165, 1.54) is 35.6 Å². The van der Waals surface area contributed by atoms with Crippen LogP contribution in [0.3, 0.4) is 0 Å². The first kappa shape index (κ1) is 23.0. The van der Waals surface area contributed by atoms with E-state index in [1.54, 1.807) is 9.80 Å². The number of rotatable bonds is 7. The molecule has 9 heteroatoms. The fourth-order valence-corrected chi connectivity index (χ4v) is 5.06. The van der Waals surface area contributed by atoms with E-state index in [1.807, 2.05) is 37.6 Å². The lowest BCUT2D eigenvalue weighted by Crippen LogP contribution is -2.47. The molecular formula is C24H27FN4O3S. The number of benzene rings is 1. The molecule has 0 spiro atoms. The van der Waals surface area contributed by atoms with Crippen molar-refractivity contribution < 1.29 is 18.8 Å². The Morgan fingerprint density at radius 2 is 1.97 bits per heavy atom. The van der Waals surface area contributed by atoms with Gasteiger partial charge in [0.2, 0.25) is 5.91 Å². The number of thiophene rings is 1. The van der Waals surface area contributed by atoms with Crippen molar-refractivity contribution in [3.63, 3.8) is 0 Å². The molecule has 0 saturated carbocycles. The maximum atomic E-state index is 13.7. The van der Waals surface area contributed by atoms with Crippen LogP contribution in [-0.2, 0) is 9.59 Å². The number of hydrogen-bond acceptors (Lipinski definition) is 4. The average Bonchev–Trinajstić information content (AvgIpc) is 3.42. The van der Waals surface area contributed by atoms with Crippen LogP contribution < -0.4 is 10.6 Å². The van der Waals surface area contributed by atoms with Gasteiger partial charge >= 0.3 is 6.03 Å². The number of anilines is 1. The van der Waals surface area contributed by atoms with Crippen LogP contribution >= 0.6 is 11.3 Å². The van der Waals surface area contributed by atoms with Gasteiger partial charge in [0.05, 0.1) is 23.9 Å². The lowest BCUT2D eigenvalue weighted by molar-refractivity contribution is -0.134. The van der Waals surface area contributed by atoms with Crippen molar-refractivity contribution in [1.82, 2.24) is 15.1 Å². The van der Waals surface area contributed by atoms with E-state index in [-0.39, 0.29) is 30.3 Å². The van der Waals surface area contributed by atoms with Crippen molar-refractivity contribution in [3.8, 4) is 0 Å². The minimum Gasteiger partial charge on any atom is -0.326 e. The number of amides is 4. The molecule has 0 radical (unpaired) electrons. The van der Waals surface area contributed by atoms with E-state index in [0.717, 1.165) is 5.56 Å². The monoisotopic (exact) mass is 470 g/mol. The van der Waals surface area contributed by atoms with Crippen molar-refractivity contribution in [2.24, 2.45) is 5.92 Å². The van der Waals surface area contributed by atoms with Gasteiger partial charge in [0.15, 0.2) is 0 Å². The number of carbonyl (C=O) groups is 3. The first-order chi connectivity index (χ1) is 15.8. The molecule has 0 saturated heterocycles. The van der Waals surface area contributed by atoms with E-state index in [9.17, 15) is 18.8 Å². The Balaban J connectivity index is 1.65. The molecule has 0 aliphatic carbocycles. The minimum absolute atomic E-state index is 0.147. The molecule has 2 aliphatic heterocycles. The van der Waals surface area contributed by atoms with Gasteiger partial charge in [-0.15, -0.1) is 0 Å². The number of halogens is 1. The number of nitrogens with zero attached hydrogens (tertiary/aromatic N) is 2. The fourth-order valence-electron chi connectivity index (χ4n) is 4.37. The van der Waals surface area contributed by atoms with Crippen LogP contribution in [0.5, 0.6) is 0 Å². The number of carbonyl (C=O) groups excluding carboxylic acids is 3. The summed E-state index contributed by atoms with van der Waals surface area (Å²) < 4.78 is 13.3. The maximum absolute atomic E-state index is 13.7. The standard InChI is InChI=1S/C24H27FN4O3S/c1-4-28-19-12-29(23(31)20(19)21(27-24(28)32)15-9-10-33-13-15)18(11-14(2)3)22(30)26-17-7-5-16(25)6-8-17/h5-10,13-14,18,21H,4,11-12H2,1-3H3,(H,26,30)(H,27,32). The lowest BCUT2D eigenvalue weighted by Gasteiger charge is -2.32. The normalized spacial score (nSPS) is 19.1. The molecule has 2 atom stereocenters. The second-order valence-corrected chi connectivity index (χ2v) is 9.40. The Labute approximate surface area is 196 Å². The first-order valence-corrected chi connectivity index (χ1v) is 11.9. The first-order valence-electron chi connectivity index (χ1n) is 11.0.